The van der Waals surface area contributed by atoms with Crippen molar-refractivity contribution in [1.82, 2.24) is 9.88 Å². The Morgan fingerprint density at radius 2 is 2.07 bits per heavy atom. The molecule has 1 fully saturated rings. The molecule has 3 aliphatic rings. The third kappa shape index (κ3) is 4.44. The average molecular weight is 471 g/mol. The molecule has 2 heterocycles. The molecule has 1 unspecified atom stereocenters. The number of ether oxygens (including phenoxy) is 1. The van der Waals surface area contributed by atoms with E-state index in [2.05, 4.69) is 34.1 Å². The van der Waals surface area contributed by atoms with Gasteiger partial charge in [-0.3, -0.25) is 4.98 Å². The Morgan fingerprint density at radius 1 is 1.27 bits per heavy atom. The van der Waals surface area contributed by atoms with Crippen molar-refractivity contribution in [2.75, 3.05) is 19.7 Å². The van der Waals surface area contributed by atoms with Crippen LogP contribution in [0.3, 0.4) is 0 Å². The van der Waals surface area contributed by atoms with Gasteiger partial charge >= 0.3 is 6.09 Å². The summed E-state index contributed by atoms with van der Waals surface area (Å²) in [5, 5.41) is 10.0. The standard InChI is InChI=1S/C24H27BrN2O3/c1-2-30-24(29)27-12-10-17(11-13-27)22-21-5-3-4-20(28)9-8-16(21)6-7-18-14-19(25)15-26-23(18)22/h3-4,8-9,14-15,20,28H,2,5-7,10-13H2,1H3/b4-3-,9-8?. The number of nitrogens with zero attached hydrogens (tertiary/aromatic N) is 2. The molecule has 1 aliphatic heterocycles. The van der Waals surface area contributed by atoms with Crippen molar-refractivity contribution >= 4 is 27.6 Å². The average Bonchev–Trinajstić information content (AvgIpc) is 2.87. The number of allylic oxidation sites excluding steroid dienone is 5. The van der Waals surface area contributed by atoms with Crippen LogP contribution >= 0.6 is 15.9 Å². The summed E-state index contributed by atoms with van der Waals surface area (Å²) in [6.45, 7) is 3.56. The molecule has 6 heteroatoms. The third-order valence-corrected chi connectivity index (χ3v) is 6.35. The van der Waals surface area contributed by atoms with E-state index in [0.29, 0.717) is 19.7 Å². The summed E-state index contributed by atoms with van der Waals surface area (Å²) < 4.78 is 6.17. The van der Waals surface area contributed by atoms with E-state index < -0.39 is 6.10 Å². The molecule has 0 spiro atoms. The molecule has 1 saturated heterocycles. The topological polar surface area (TPSA) is 62.7 Å². The zero-order chi connectivity index (χ0) is 21.1. The lowest BCUT2D eigenvalue weighted by Crippen LogP contribution is -2.37. The van der Waals surface area contributed by atoms with Crippen LogP contribution in [0, 0.1) is 0 Å². The monoisotopic (exact) mass is 470 g/mol. The highest BCUT2D eigenvalue weighted by Gasteiger charge is 2.28. The van der Waals surface area contributed by atoms with Gasteiger partial charge in [0.2, 0.25) is 0 Å². The normalized spacial score (nSPS) is 22.6. The number of piperidine rings is 1. The molecule has 0 radical (unpaired) electrons. The van der Waals surface area contributed by atoms with Crippen LogP contribution in [-0.4, -0.2) is 46.9 Å². The maximum atomic E-state index is 12.1. The van der Waals surface area contributed by atoms with Crippen LogP contribution in [0.15, 0.2) is 57.8 Å². The Hall–Kier alpha value is -2.18. The van der Waals surface area contributed by atoms with Gasteiger partial charge in [0, 0.05) is 29.3 Å². The first-order chi connectivity index (χ1) is 14.6. The number of aromatic nitrogens is 1. The molecule has 1 aromatic heterocycles. The first kappa shape index (κ1) is 21.1. The fourth-order valence-corrected chi connectivity index (χ4v) is 4.83. The van der Waals surface area contributed by atoms with Gasteiger partial charge in [-0.15, -0.1) is 0 Å². The highest BCUT2D eigenvalue weighted by Crippen LogP contribution is 2.41. The molecule has 2 aliphatic carbocycles. The molecule has 0 saturated carbocycles. The predicted molar refractivity (Wildman–Crippen MR) is 121 cm³/mol. The van der Waals surface area contributed by atoms with Gasteiger partial charge in [0.25, 0.3) is 0 Å². The van der Waals surface area contributed by atoms with Crippen LogP contribution in [0.5, 0.6) is 0 Å². The minimum absolute atomic E-state index is 0.226. The van der Waals surface area contributed by atoms with Crippen molar-refractivity contribution in [1.29, 1.82) is 0 Å². The number of hydrogen-bond donors (Lipinski definition) is 1. The van der Waals surface area contributed by atoms with Crippen molar-refractivity contribution in [2.45, 2.75) is 45.1 Å². The van der Waals surface area contributed by atoms with E-state index in [9.17, 15) is 9.90 Å². The minimum atomic E-state index is -0.541. The SMILES string of the molecule is CCOC(=O)N1CCC(=C2C3=C(C=CC(O)/C=C\C3)CCc3cc(Br)cnc32)CC1. The van der Waals surface area contributed by atoms with E-state index in [4.69, 9.17) is 9.72 Å². The molecule has 0 bridgehead atoms. The van der Waals surface area contributed by atoms with E-state index in [1.807, 2.05) is 25.3 Å². The molecule has 158 valence electrons. The summed E-state index contributed by atoms with van der Waals surface area (Å²) in [6, 6.07) is 2.17. The van der Waals surface area contributed by atoms with Crippen LogP contribution in [0.2, 0.25) is 0 Å². The Morgan fingerprint density at radius 3 is 2.83 bits per heavy atom. The Balaban J connectivity index is 1.77. The summed E-state index contributed by atoms with van der Waals surface area (Å²) in [7, 11) is 0. The van der Waals surface area contributed by atoms with Gasteiger partial charge in [-0.05, 0) is 77.7 Å². The van der Waals surface area contributed by atoms with Gasteiger partial charge in [0.1, 0.15) is 0 Å². The first-order valence-corrected chi connectivity index (χ1v) is 11.4. The Labute approximate surface area is 186 Å². The van der Waals surface area contributed by atoms with Crippen LogP contribution in [0.25, 0.3) is 5.57 Å². The number of carbonyl (C=O) groups excluding carboxylic acids is 1. The molecule has 5 nitrogen and oxygen atoms in total. The van der Waals surface area contributed by atoms with Crippen molar-refractivity contribution < 1.29 is 14.6 Å². The quantitative estimate of drug-likeness (QED) is 0.588. The highest BCUT2D eigenvalue weighted by atomic mass is 79.9. The summed E-state index contributed by atoms with van der Waals surface area (Å²) in [6.07, 6.45) is 13.2. The van der Waals surface area contributed by atoms with E-state index in [-0.39, 0.29) is 6.09 Å². The van der Waals surface area contributed by atoms with E-state index >= 15 is 0 Å². The van der Waals surface area contributed by atoms with Crippen LogP contribution in [0.1, 0.15) is 43.9 Å². The van der Waals surface area contributed by atoms with Gasteiger partial charge in [0.15, 0.2) is 0 Å². The summed E-state index contributed by atoms with van der Waals surface area (Å²) in [5.74, 6) is 0. The Kier molecular flexibility index (Phi) is 6.54. The molecule has 1 aromatic rings. The van der Waals surface area contributed by atoms with Gasteiger partial charge in [-0.25, -0.2) is 4.79 Å². The van der Waals surface area contributed by atoms with E-state index in [0.717, 1.165) is 42.3 Å². The fraction of sp³-hybridized carbons (Fsp3) is 0.417. The lowest BCUT2D eigenvalue weighted by atomic mass is 9.86. The number of aliphatic hydroxyl groups excluding tert-OH is 1. The van der Waals surface area contributed by atoms with Crippen molar-refractivity contribution in [3.63, 3.8) is 0 Å². The third-order valence-electron chi connectivity index (χ3n) is 5.92. The highest BCUT2D eigenvalue weighted by molar-refractivity contribution is 9.10. The molecule has 4 rings (SSSR count). The first-order valence-electron chi connectivity index (χ1n) is 10.6. The summed E-state index contributed by atoms with van der Waals surface area (Å²) >= 11 is 3.57. The van der Waals surface area contributed by atoms with E-state index in [1.54, 1.807) is 4.90 Å². The van der Waals surface area contributed by atoms with Crippen molar-refractivity contribution in [3.8, 4) is 0 Å². The lowest BCUT2D eigenvalue weighted by molar-refractivity contribution is 0.104. The second-order valence-electron chi connectivity index (χ2n) is 7.81. The largest absolute Gasteiger partial charge is 0.450 e. The fourth-order valence-electron chi connectivity index (χ4n) is 4.45. The number of carbonyl (C=O) groups is 1. The number of rotatable bonds is 1. The van der Waals surface area contributed by atoms with Gasteiger partial charge in [-0.1, -0.05) is 29.9 Å². The zero-order valence-corrected chi connectivity index (χ0v) is 18.8. The number of aliphatic hydroxyl groups is 1. The Bertz CT molecular complexity index is 951. The van der Waals surface area contributed by atoms with Crippen molar-refractivity contribution in [3.05, 3.63) is 69.0 Å². The predicted octanol–water partition coefficient (Wildman–Crippen LogP) is 4.97. The molecule has 0 aromatic carbocycles. The van der Waals surface area contributed by atoms with Gasteiger partial charge in [0.05, 0.1) is 18.4 Å². The molecule has 1 atom stereocenters. The second kappa shape index (κ2) is 9.31. The number of hydrogen-bond acceptors (Lipinski definition) is 4. The number of likely N-dealkylation sites (tertiary alicyclic amines) is 1. The maximum absolute atomic E-state index is 12.1. The molecular formula is C24H27BrN2O3. The lowest BCUT2D eigenvalue weighted by Gasteiger charge is -2.30. The van der Waals surface area contributed by atoms with Gasteiger partial charge < -0.3 is 14.7 Å². The summed E-state index contributed by atoms with van der Waals surface area (Å²) in [5.41, 5.74) is 7.45. The van der Waals surface area contributed by atoms with E-state index in [1.165, 1.54) is 27.9 Å². The maximum Gasteiger partial charge on any atom is 0.409 e. The van der Waals surface area contributed by atoms with Gasteiger partial charge in [-0.2, -0.15) is 0 Å². The number of pyridine rings is 1. The number of fused-ring (bicyclic) bond motifs is 1. The smallest absolute Gasteiger partial charge is 0.409 e. The molecule has 30 heavy (non-hydrogen) atoms. The van der Waals surface area contributed by atoms with Crippen LogP contribution in [0.4, 0.5) is 4.79 Å². The summed E-state index contributed by atoms with van der Waals surface area (Å²) in [4.78, 5) is 18.8. The van der Waals surface area contributed by atoms with Crippen LogP contribution < -0.4 is 0 Å². The molecular weight excluding hydrogens is 444 g/mol. The van der Waals surface area contributed by atoms with Crippen molar-refractivity contribution in [2.24, 2.45) is 0 Å². The zero-order valence-electron chi connectivity index (χ0n) is 17.2. The molecule has 1 amide bonds. The van der Waals surface area contributed by atoms with Crippen LogP contribution in [-0.2, 0) is 11.2 Å². The second-order valence-corrected chi connectivity index (χ2v) is 8.73. The number of aryl methyl sites for hydroxylation is 1. The number of amides is 1. The molecule has 1 N–H and O–H groups in total. The minimum Gasteiger partial charge on any atom is -0.450 e. The number of halogens is 1.